The summed E-state index contributed by atoms with van der Waals surface area (Å²) in [6.45, 7) is 3.51. The Kier molecular flexibility index (Phi) is 4.47. The van der Waals surface area contributed by atoms with Crippen molar-refractivity contribution < 1.29 is 0 Å². The highest BCUT2D eigenvalue weighted by atomic mass is 79.9. The number of rotatable bonds is 4. The van der Waals surface area contributed by atoms with Gasteiger partial charge in [-0.15, -0.1) is 11.3 Å². The quantitative estimate of drug-likeness (QED) is 0.888. The summed E-state index contributed by atoms with van der Waals surface area (Å²) in [6.07, 6.45) is 4.01. The summed E-state index contributed by atoms with van der Waals surface area (Å²) < 4.78 is 1.20. The van der Waals surface area contributed by atoms with Gasteiger partial charge in [-0.1, -0.05) is 0 Å². The molecule has 2 nitrogen and oxygen atoms in total. The van der Waals surface area contributed by atoms with Crippen LogP contribution in [0, 0.1) is 5.92 Å². The zero-order valence-electron chi connectivity index (χ0n) is 8.76. The van der Waals surface area contributed by atoms with E-state index in [9.17, 15) is 0 Å². The third-order valence-electron chi connectivity index (χ3n) is 2.82. The first-order valence-electron chi connectivity index (χ1n) is 5.54. The van der Waals surface area contributed by atoms with Crippen molar-refractivity contribution in [2.45, 2.75) is 19.3 Å². The second-order valence-corrected chi connectivity index (χ2v) is 6.49. The van der Waals surface area contributed by atoms with Gasteiger partial charge in [0.15, 0.2) is 0 Å². The van der Waals surface area contributed by atoms with Crippen LogP contribution in [-0.4, -0.2) is 19.6 Å². The minimum absolute atomic E-state index is 0.870. The van der Waals surface area contributed by atoms with Crippen molar-refractivity contribution in [1.82, 2.24) is 5.32 Å². The van der Waals surface area contributed by atoms with Crippen LogP contribution in [0.15, 0.2) is 15.9 Å². The van der Waals surface area contributed by atoms with E-state index in [-0.39, 0.29) is 0 Å². The summed E-state index contributed by atoms with van der Waals surface area (Å²) in [5.74, 6) is 0.870. The van der Waals surface area contributed by atoms with Gasteiger partial charge in [0.2, 0.25) is 0 Å². The minimum Gasteiger partial charge on any atom is -0.377 e. The number of hydrogen-bond donors (Lipinski definition) is 2. The largest absolute Gasteiger partial charge is 0.377 e. The molecule has 2 N–H and O–H groups in total. The molecule has 1 aromatic heterocycles. The lowest BCUT2D eigenvalue weighted by atomic mass is 9.96. The topological polar surface area (TPSA) is 24.1 Å². The fourth-order valence-corrected chi connectivity index (χ4v) is 3.29. The second kappa shape index (κ2) is 5.87. The van der Waals surface area contributed by atoms with Crippen LogP contribution >= 0.6 is 27.3 Å². The molecular weight excluding hydrogens is 272 g/mol. The van der Waals surface area contributed by atoms with E-state index in [1.54, 1.807) is 11.3 Å². The molecule has 1 fully saturated rings. The van der Waals surface area contributed by atoms with Crippen molar-refractivity contribution in [2.24, 2.45) is 5.92 Å². The molecule has 0 aliphatic carbocycles. The van der Waals surface area contributed by atoms with Gasteiger partial charge in [0.05, 0.1) is 8.79 Å². The van der Waals surface area contributed by atoms with Crippen molar-refractivity contribution in [2.75, 3.05) is 25.0 Å². The van der Waals surface area contributed by atoms with E-state index in [0.29, 0.717) is 0 Å². The Hall–Kier alpha value is -0.0600. The molecule has 0 saturated carbocycles. The Labute approximate surface area is 104 Å². The molecule has 1 aliphatic rings. The van der Waals surface area contributed by atoms with Crippen LogP contribution in [0.2, 0.25) is 0 Å². The van der Waals surface area contributed by atoms with Crippen molar-refractivity contribution in [3.63, 3.8) is 0 Å². The van der Waals surface area contributed by atoms with Crippen LogP contribution < -0.4 is 10.6 Å². The summed E-state index contributed by atoms with van der Waals surface area (Å²) in [6, 6.07) is 4.23. The normalized spacial score (nSPS) is 21.5. The van der Waals surface area contributed by atoms with Crippen LogP contribution in [0.5, 0.6) is 0 Å². The van der Waals surface area contributed by atoms with E-state index in [2.05, 4.69) is 38.7 Å². The van der Waals surface area contributed by atoms with Gasteiger partial charge in [-0.2, -0.15) is 0 Å². The molecule has 1 aliphatic heterocycles. The zero-order valence-corrected chi connectivity index (χ0v) is 11.2. The standard InChI is InChI=1S/C11H17BrN2S/c12-10-3-4-11(15-10)14-7-5-9-2-1-6-13-8-9/h3-4,9,13-14H,1-2,5-8H2. The molecule has 15 heavy (non-hydrogen) atoms. The lowest BCUT2D eigenvalue weighted by Crippen LogP contribution is -2.30. The van der Waals surface area contributed by atoms with Gasteiger partial charge in [0.25, 0.3) is 0 Å². The van der Waals surface area contributed by atoms with Crippen molar-refractivity contribution >= 4 is 32.3 Å². The van der Waals surface area contributed by atoms with E-state index in [4.69, 9.17) is 0 Å². The van der Waals surface area contributed by atoms with Crippen LogP contribution in [0.1, 0.15) is 19.3 Å². The van der Waals surface area contributed by atoms with Crippen LogP contribution in [0.3, 0.4) is 0 Å². The van der Waals surface area contributed by atoms with Gasteiger partial charge in [-0.3, -0.25) is 0 Å². The molecule has 1 atom stereocenters. The van der Waals surface area contributed by atoms with E-state index in [1.165, 1.54) is 41.1 Å². The molecular formula is C11H17BrN2S. The molecule has 2 heterocycles. The molecule has 1 saturated heterocycles. The highest BCUT2D eigenvalue weighted by Gasteiger charge is 2.11. The molecule has 84 valence electrons. The maximum atomic E-state index is 3.47. The molecule has 0 radical (unpaired) electrons. The molecule has 4 heteroatoms. The first-order valence-corrected chi connectivity index (χ1v) is 7.15. The molecule has 2 rings (SSSR count). The monoisotopic (exact) mass is 288 g/mol. The zero-order chi connectivity index (χ0) is 10.5. The third-order valence-corrected chi connectivity index (χ3v) is 4.41. The number of thiophene rings is 1. The van der Waals surface area contributed by atoms with Crippen LogP contribution in [0.25, 0.3) is 0 Å². The minimum atomic E-state index is 0.870. The Balaban J connectivity index is 1.65. The molecule has 0 amide bonds. The van der Waals surface area contributed by atoms with Crippen LogP contribution in [-0.2, 0) is 0 Å². The summed E-state index contributed by atoms with van der Waals surface area (Å²) in [5.41, 5.74) is 0. The van der Waals surface area contributed by atoms with Crippen molar-refractivity contribution in [3.05, 3.63) is 15.9 Å². The Morgan fingerprint density at radius 3 is 3.13 bits per heavy atom. The van der Waals surface area contributed by atoms with Crippen molar-refractivity contribution in [1.29, 1.82) is 0 Å². The Morgan fingerprint density at radius 2 is 2.47 bits per heavy atom. The Morgan fingerprint density at radius 1 is 1.53 bits per heavy atom. The van der Waals surface area contributed by atoms with E-state index >= 15 is 0 Å². The Bertz CT molecular complexity index is 295. The fraction of sp³-hybridized carbons (Fsp3) is 0.636. The summed E-state index contributed by atoms with van der Waals surface area (Å²) in [7, 11) is 0. The molecule has 1 unspecified atom stereocenters. The smallest absolute Gasteiger partial charge is 0.0894 e. The average Bonchev–Trinajstić information content (AvgIpc) is 2.66. The van der Waals surface area contributed by atoms with E-state index in [0.717, 1.165) is 12.5 Å². The number of hydrogen-bond acceptors (Lipinski definition) is 3. The SMILES string of the molecule is Brc1ccc(NCCC2CCCNC2)s1. The van der Waals surface area contributed by atoms with Crippen molar-refractivity contribution in [3.8, 4) is 0 Å². The maximum absolute atomic E-state index is 3.47. The fourth-order valence-electron chi connectivity index (χ4n) is 1.98. The molecule has 0 spiro atoms. The first-order chi connectivity index (χ1) is 7.34. The molecule has 0 bridgehead atoms. The van der Waals surface area contributed by atoms with Crippen LogP contribution in [0.4, 0.5) is 5.00 Å². The van der Waals surface area contributed by atoms with Gasteiger partial charge in [0.1, 0.15) is 0 Å². The third kappa shape index (κ3) is 3.78. The number of halogens is 1. The second-order valence-electron chi connectivity index (χ2n) is 4.03. The highest BCUT2D eigenvalue weighted by Crippen LogP contribution is 2.26. The number of piperidine rings is 1. The summed E-state index contributed by atoms with van der Waals surface area (Å²) in [4.78, 5) is 0. The lowest BCUT2D eigenvalue weighted by Gasteiger charge is -2.22. The highest BCUT2D eigenvalue weighted by molar-refractivity contribution is 9.11. The predicted molar refractivity (Wildman–Crippen MR) is 70.7 cm³/mol. The van der Waals surface area contributed by atoms with Gasteiger partial charge in [-0.25, -0.2) is 0 Å². The van der Waals surface area contributed by atoms with Gasteiger partial charge in [-0.05, 0) is 66.3 Å². The number of nitrogens with one attached hydrogen (secondary N) is 2. The average molecular weight is 289 g/mol. The van der Waals surface area contributed by atoms with E-state index < -0.39 is 0 Å². The molecule has 0 aromatic carbocycles. The maximum Gasteiger partial charge on any atom is 0.0894 e. The summed E-state index contributed by atoms with van der Waals surface area (Å²) >= 11 is 5.23. The number of anilines is 1. The van der Waals surface area contributed by atoms with E-state index in [1.807, 2.05) is 0 Å². The van der Waals surface area contributed by atoms with Gasteiger partial charge in [0, 0.05) is 6.54 Å². The predicted octanol–water partition coefficient (Wildman–Crippen LogP) is 3.31. The summed E-state index contributed by atoms with van der Waals surface area (Å²) in [5, 5.41) is 8.20. The molecule has 1 aromatic rings. The van der Waals surface area contributed by atoms with Gasteiger partial charge < -0.3 is 10.6 Å². The lowest BCUT2D eigenvalue weighted by molar-refractivity contribution is 0.364. The first kappa shape index (κ1) is 11.4. The van der Waals surface area contributed by atoms with Gasteiger partial charge >= 0.3 is 0 Å².